The Hall–Kier alpha value is -1.83. The van der Waals surface area contributed by atoms with Gasteiger partial charge in [-0.3, -0.25) is 4.68 Å². The second kappa shape index (κ2) is 4.79. The van der Waals surface area contributed by atoms with Crippen molar-refractivity contribution in [1.29, 1.82) is 0 Å². The third kappa shape index (κ3) is 2.40. The summed E-state index contributed by atoms with van der Waals surface area (Å²) in [5.74, 6) is 0. The molecule has 2 rings (SSSR count). The lowest BCUT2D eigenvalue weighted by molar-refractivity contribution is 0.684. The van der Waals surface area contributed by atoms with E-state index in [9.17, 15) is 0 Å². The minimum absolute atomic E-state index is 0.833. The van der Waals surface area contributed by atoms with Gasteiger partial charge in [-0.05, 0) is 31.1 Å². The van der Waals surface area contributed by atoms with Crippen LogP contribution in [0, 0.1) is 6.92 Å². The van der Waals surface area contributed by atoms with Crippen molar-refractivity contribution in [1.82, 2.24) is 9.78 Å². The third-order valence-corrected chi connectivity index (χ3v) is 2.49. The van der Waals surface area contributed by atoms with Gasteiger partial charge in [0.2, 0.25) is 0 Å². The van der Waals surface area contributed by atoms with Gasteiger partial charge in [0.05, 0.1) is 12.2 Å². The monoisotopic (exact) mass is 212 g/mol. The summed E-state index contributed by atoms with van der Waals surface area (Å²) >= 11 is 0. The highest BCUT2D eigenvalue weighted by atomic mass is 15.3. The van der Waals surface area contributed by atoms with Crippen LogP contribution < -0.4 is 0 Å². The molecule has 0 spiro atoms. The minimum Gasteiger partial charge on any atom is -0.267 e. The Morgan fingerprint density at radius 1 is 1.25 bits per heavy atom. The molecule has 0 aliphatic carbocycles. The van der Waals surface area contributed by atoms with Crippen LogP contribution in [0.2, 0.25) is 0 Å². The van der Waals surface area contributed by atoms with Crippen LogP contribution in [0.5, 0.6) is 0 Å². The van der Waals surface area contributed by atoms with Crippen molar-refractivity contribution in [2.24, 2.45) is 0 Å². The van der Waals surface area contributed by atoms with Gasteiger partial charge in [0.1, 0.15) is 0 Å². The molecule has 0 aliphatic rings. The molecule has 0 saturated carbocycles. The normalized spacial score (nSPS) is 11.1. The number of aryl methyl sites for hydroxylation is 1. The molecule has 0 radical (unpaired) electrons. The van der Waals surface area contributed by atoms with Crippen molar-refractivity contribution < 1.29 is 0 Å². The van der Waals surface area contributed by atoms with Gasteiger partial charge in [0, 0.05) is 6.20 Å². The average molecular weight is 212 g/mol. The first-order valence-corrected chi connectivity index (χ1v) is 5.50. The Labute approximate surface area is 96.2 Å². The Morgan fingerprint density at radius 2 is 2.00 bits per heavy atom. The van der Waals surface area contributed by atoms with E-state index in [4.69, 9.17) is 0 Å². The quantitative estimate of drug-likeness (QED) is 0.763. The molecule has 1 heterocycles. The van der Waals surface area contributed by atoms with E-state index in [0.717, 1.165) is 12.2 Å². The maximum absolute atomic E-state index is 4.52. The van der Waals surface area contributed by atoms with Crippen molar-refractivity contribution >= 4 is 6.08 Å². The van der Waals surface area contributed by atoms with Crippen LogP contribution in [0.1, 0.15) is 23.7 Å². The molecule has 2 nitrogen and oxygen atoms in total. The Kier molecular flexibility index (Phi) is 3.20. The third-order valence-electron chi connectivity index (χ3n) is 2.49. The van der Waals surface area contributed by atoms with Crippen LogP contribution in [-0.4, -0.2) is 9.78 Å². The van der Waals surface area contributed by atoms with E-state index in [1.807, 2.05) is 29.8 Å². The molecule has 0 saturated heterocycles. The number of allylic oxidation sites excluding steroid dienone is 1. The van der Waals surface area contributed by atoms with Crippen LogP contribution in [0.4, 0.5) is 0 Å². The summed E-state index contributed by atoms with van der Waals surface area (Å²) < 4.78 is 1.99. The van der Waals surface area contributed by atoms with Crippen LogP contribution in [0.25, 0.3) is 6.08 Å². The number of benzene rings is 1. The van der Waals surface area contributed by atoms with Crippen LogP contribution in [-0.2, 0) is 6.54 Å². The SMILES string of the molecule is C/C=C\c1nn(Cc2ccccc2)cc1C. The molecule has 0 aliphatic heterocycles. The minimum atomic E-state index is 0.833. The largest absolute Gasteiger partial charge is 0.267 e. The fraction of sp³-hybridized carbons (Fsp3) is 0.214. The van der Waals surface area contributed by atoms with Gasteiger partial charge in [-0.15, -0.1) is 0 Å². The number of hydrogen-bond acceptors (Lipinski definition) is 1. The van der Waals surface area contributed by atoms with E-state index in [1.54, 1.807) is 0 Å². The molecule has 1 aromatic heterocycles. The summed E-state index contributed by atoms with van der Waals surface area (Å²) in [6.07, 6.45) is 6.14. The molecule has 0 bridgehead atoms. The number of nitrogens with zero attached hydrogens (tertiary/aromatic N) is 2. The van der Waals surface area contributed by atoms with Crippen molar-refractivity contribution in [2.75, 3.05) is 0 Å². The van der Waals surface area contributed by atoms with E-state index in [1.165, 1.54) is 11.1 Å². The highest BCUT2D eigenvalue weighted by Gasteiger charge is 2.01. The van der Waals surface area contributed by atoms with Gasteiger partial charge >= 0.3 is 0 Å². The van der Waals surface area contributed by atoms with Gasteiger partial charge in [-0.1, -0.05) is 36.4 Å². The summed E-state index contributed by atoms with van der Waals surface area (Å²) in [6, 6.07) is 10.4. The zero-order valence-corrected chi connectivity index (χ0v) is 9.72. The summed E-state index contributed by atoms with van der Waals surface area (Å²) in [7, 11) is 0. The molecule has 1 aromatic carbocycles. The Balaban J connectivity index is 2.20. The van der Waals surface area contributed by atoms with Crippen LogP contribution >= 0.6 is 0 Å². The predicted octanol–water partition coefficient (Wildman–Crippen LogP) is 3.27. The van der Waals surface area contributed by atoms with Gasteiger partial charge in [-0.25, -0.2) is 0 Å². The van der Waals surface area contributed by atoms with Crippen LogP contribution in [0.3, 0.4) is 0 Å². The molecule has 2 heteroatoms. The molecular formula is C14H16N2. The lowest BCUT2D eigenvalue weighted by atomic mass is 10.2. The molecule has 0 atom stereocenters. The van der Waals surface area contributed by atoms with Crippen LogP contribution in [0.15, 0.2) is 42.6 Å². The van der Waals surface area contributed by atoms with Crippen molar-refractivity contribution in [2.45, 2.75) is 20.4 Å². The zero-order chi connectivity index (χ0) is 11.4. The smallest absolute Gasteiger partial charge is 0.0876 e. The van der Waals surface area contributed by atoms with E-state index in [2.05, 4.69) is 42.5 Å². The molecule has 0 amide bonds. The van der Waals surface area contributed by atoms with E-state index >= 15 is 0 Å². The number of rotatable bonds is 3. The number of hydrogen-bond donors (Lipinski definition) is 0. The van der Waals surface area contributed by atoms with E-state index < -0.39 is 0 Å². The van der Waals surface area contributed by atoms with Crippen molar-refractivity contribution in [3.05, 3.63) is 59.4 Å². The summed E-state index contributed by atoms with van der Waals surface area (Å²) in [4.78, 5) is 0. The van der Waals surface area contributed by atoms with E-state index in [-0.39, 0.29) is 0 Å². The van der Waals surface area contributed by atoms with Gasteiger partial charge in [0.25, 0.3) is 0 Å². The molecule has 82 valence electrons. The molecule has 16 heavy (non-hydrogen) atoms. The second-order valence-corrected chi connectivity index (χ2v) is 3.88. The first-order valence-electron chi connectivity index (χ1n) is 5.50. The topological polar surface area (TPSA) is 17.8 Å². The average Bonchev–Trinajstić information content (AvgIpc) is 2.61. The predicted molar refractivity (Wildman–Crippen MR) is 67.2 cm³/mol. The molecule has 0 fully saturated rings. The summed E-state index contributed by atoms with van der Waals surface area (Å²) in [6.45, 7) is 4.93. The van der Waals surface area contributed by atoms with Crippen molar-refractivity contribution in [3.8, 4) is 0 Å². The molecular weight excluding hydrogens is 196 g/mol. The molecule has 0 unspecified atom stereocenters. The Bertz CT molecular complexity index is 481. The highest BCUT2D eigenvalue weighted by Crippen LogP contribution is 2.09. The second-order valence-electron chi connectivity index (χ2n) is 3.88. The van der Waals surface area contributed by atoms with Gasteiger partial charge < -0.3 is 0 Å². The lowest BCUT2D eigenvalue weighted by Crippen LogP contribution is -1.99. The van der Waals surface area contributed by atoms with Gasteiger partial charge in [0.15, 0.2) is 0 Å². The first-order chi connectivity index (χ1) is 7.79. The van der Waals surface area contributed by atoms with Crippen molar-refractivity contribution in [3.63, 3.8) is 0 Å². The lowest BCUT2D eigenvalue weighted by Gasteiger charge is -2.00. The Morgan fingerprint density at radius 3 is 2.69 bits per heavy atom. The fourth-order valence-corrected chi connectivity index (χ4v) is 1.71. The standard InChI is InChI=1S/C14H16N2/c1-3-7-14-12(2)10-16(15-14)11-13-8-5-4-6-9-13/h3-10H,11H2,1-2H3/b7-3-. The summed E-state index contributed by atoms with van der Waals surface area (Å²) in [5, 5.41) is 4.52. The fourth-order valence-electron chi connectivity index (χ4n) is 1.71. The summed E-state index contributed by atoms with van der Waals surface area (Å²) in [5.41, 5.74) is 3.55. The zero-order valence-electron chi connectivity index (χ0n) is 9.72. The van der Waals surface area contributed by atoms with Gasteiger partial charge in [-0.2, -0.15) is 5.10 Å². The first kappa shape index (κ1) is 10.7. The molecule has 0 N–H and O–H groups in total. The number of aromatic nitrogens is 2. The maximum Gasteiger partial charge on any atom is 0.0876 e. The maximum atomic E-state index is 4.52. The van der Waals surface area contributed by atoms with E-state index in [0.29, 0.717) is 0 Å². The molecule has 2 aromatic rings. The highest BCUT2D eigenvalue weighted by molar-refractivity contribution is 5.47.